The van der Waals surface area contributed by atoms with Crippen molar-refractivity contribution in [1.82, 2.24) is 9.97 Å². The van der Waals surface area contributed by atoms with Crippen LogP contribution >= 0.6 is 11.6 Å². The summed E-state index contributed by atoms with van der Waals surface area (Å²) in [5.41, 5.74) is 0.569. The molecule has 7 heteroatoms. The van der Waals surface area contributed by atoms with Crippen LogP contribution in [-0.4, -0.2) is 14.9 Å². The molecular weight excluding hydrogens is 234 g/mol. The van der Waals surface area contributed by atoms with Gasteiger partial charge in [0, 0.05) is 17.0 Å². The minimum Gasteiger partial charge on any atom is -0.423 e. The Kier molecular flexibility index (Phi) is 2.51. The lowest BCUT2D eigenvalue weighted by Crippen LogP contribution is -1.94. The van der Waals surface area contributed by atoms with E-state index in [0.717, 1.165) is 0 Å². The zero-order chi connectivity index (χ0) is 11.9. The van der Waals surface area contributed by atoms with Crippen LogP contribution in [-0.2, 0) is 0 Å². The minimum atomic E-state index is -0.688. The third-order valence-electron chi connectivity index (χ3n) is 2.07. The molecule has 0 aliphatic carbocycles. The van der Waals surface area contributed by atoms with E-state index in [1.807, 2.05) is 13.8 Å². The number of aromatic nitrogens is 2. The van der Waals surface area contributed by atoms with Gasteiger partial charge in [-0.05, 0) is 4.92 Å². The van der Waals surface area contributed by atoms with Crippen LogP contribution in [0.2, 0.25) is 5.15 Å². The third-order valence-corrected chi connectivity index (χ3v) is 2.32. The molecule has 0 N–H and O–H groups in total. The number of halogens is 1. The van der Waals surface area contributed by atoms with E-state index in [0.29, 0.717) is 11.3 Å². The molecule has 0 amide bonds. The highest BCUT2D eigenvalue weighted by Crippen LogP contribution is 2.27. The fourth-order valence-corrected chi connectivity index (χ4v) is 1.45. The van der Waals surface area contributed by atoms with Gasteiger partial charge in [0.25, 0.3) is 0 Å². The lowest BCUT2D eigenvalue weighted by Gasteiger charge is -1.94. The number of fused-ring (bicyclic) bond motifs is 1. The van der Waals surface area contributed by atoms with Crippen molar-refractivity contribution >= 4 is 28.6 Å². The van der Waals surface area contributed by atoms with Crippen molar-refractivity contribution in [3.05, 3.63) is 27.1 Å². The SMILES string of the molecule is CC(C)c1cc2nc(Cl)c([N+](=O)[O-])nc2o1. The van der Waals surface area contributed by atoms with Crippen LogP contribution in [0.3, 0.4) is 0 Å². The van der Waals surface area contributed by atoms with Crippen LogP contribution in [0.1, 0.15) is 25.5 Å². The normalized spacial score (nSPS) is 11.2. The highest BCUT2D eigenvalue weighted by atomic mass is 35.5. The van der Waals surface area contributed by atoms with Gasteiger partial charge in [0.2, 0.25) is 5.15 Å². The maximum Gasteiger partial charge on any atom is 0.405 e. The van der Waals surface area contributed by atoms with Crippen molar-refractivity contribution in [3.63, 3.8) is 0 Å². The maximum atomic E-state index is 10.6. The molecule has 0 aromatic carbocycles. The monoisotopic (exact) mass is 241 g/mol. The topological polar surface area (TPSA) is 82.1 Å². The van der Waals surface area contributed by atoms with Crippen LogP contribution in [0.4, 0.5) is 5.82 Å². The summed E-state index contributed by atoms with van der Waals surface area (Å²) in [6.45, 7) is 3.88. The predicted octanol–water partition coefficient (Wildman–Crippen LogP) is 2.91. The molecule has 2 aromatic heterocycles. The Labute approximate surface area is 95.4 Å². The molecule has 16 heavy (non-hydrogen) atoms. The summed E-state index contributed by atoms with van der Waals surface area (Å²) < 4.78 is 5.34. The van der Waals surface area contributed by atoms with Crippen LogP contribution < -0.4 is 0 Å². The highest BCUT2D eigenvalue weighted by molar-refractivity contribution is 6.31. The highest BCUT2D eigenvalue weighted by Gasteiger charge is 2.22. The Morgan fingerprint density at radius 2 is 2.19 bits per heavy atom. The molecule has 0 spiro atoms. The van der Waals surface area contributed by atoms with Crippen LogP contribution in [0, 0.1) is 10.1 Å². The molecule has 84 valence electrons. The molecule has 0 atom stereocenters. The molecule has 0 aliphatic rings. The van der Waals surface area contributed by atoms with Gasteiger partial charge in [0.15, 0.2) is 5.52 Å². The number of nitro groups is 1. The van der Waals surface area contributed by atoms with E-state index in [2.05, 4.69) is 9.97 Å². The van der Waals surface area contributed by atoms with Gasteiger partial charge in [-0.25, -0.2) is 4.98 Å². The molecule has 2 heterocycles. The average molecular weight is 242 g/mol. The van der Waals surface area contributed by atoms with Crippen LogP contribution in [0.5, 0.6) is 0 Å². The van der Waals surface area contributed by atoms with Crippen molar-refractivity contribution in [2.75, 3.05) is 0 Å². The Balaban J connectivity index is 2.65. The van der Waals surface area contributed by atoms with E-state index in [1.165, 1.54) is 0 Å². The number of rotatable bonds is 2. The standard InChI is InChI=1S/C9H8ClN3O3/c1-4(2)6-3-5-9(16-6)12-8(13(14)15)7(10)11-5/h3-4H,1-2H3. The van der Waals surface area contributed by atoms with Crippen LogP contribution in [0.15, 0.2) is 10.5 Å². The van der Waals surface area contributed by atoms with Crippen molar-refractivity contribution in [2.45, 2.75) is 19.8 Å². The Morgan fingerprint density at radius 3 is 2.75 bits per heavy atom. The second-order valence-corrected chi connectivity index (χ2v) is 3.95. The van der Waals surface area contributed by atoms with Gasteiger partial charge in [-0.2, -0.15) is 0 Å². The summed E-state index contributed by atoms with van der Waals surface area (Å²) in [5.74, 6) is 0.346. The zero-order valence-electron chi connectivity index (χ0n) is 8.60. The molecule has 0 radical (unpaired) electrons. The number of hydrogen-bond acceptors (Lipinski definition) is 5. The quantitative estimate of drug-likeness (QED) is 0.596. The Hall–Kier alpha value is -1.69. The second kappa shape index (κ2) is 3.71. The molecule has 0 saturated heterocycles. The molecule has 0 fully saturated rings. The lowest BCUT2D eigenvalue weighted by atomic mass is 10.2. The molecule has 2 rings (SSSR count). The first-order valence-corrected chi connectivity index (χ1v) is 4.98. The summed E-state index contributed by atoms with van der Waals surface area (Å²) in [6, 6.07) is 1.68. The fraction of sp³-hybridized carbons (Fsp3) is 0.333. The van der Waals surface area contributed by atoms with E-state index in [9.17, 15) is 10.1 Å². The molecule has 2 aromatic rings. The number of nitrogens with zero attached hydrogens (tertiary/aromatic N) is 3. The van der Waals surface area contributed by atoms with Gasteiger partial charge in [-0.1, -0.05) is 25.4 Å². The summed E-state index contributed by atoms with van der Waals surface area (Å²) >= 11 is 5.63. The first kappa shape index (κ1) is 10.8. The Morgan fingerprint density at radius 1 is 1.50 bits per heavy atom. The fourth-order valence-electron chi connectivity index (χ4n) is 1.25. The summed E-state index contributed by atoms with van der Waals surface area (Å²) in [6.07, 6.45) is 0. The van der Waals surface area contributed by atoms with E-state index in [4.69, 9.17) is 16.0 Å². The first-order valence-electron chi connectivity index (χ1n) is 4.60. The van der Waals surface area contributed by atoms with Gasteiger partial charge in [-0.3, -0.25) is 0 Å². The van der Waals surface area contributed by atoms with Gasteiger partial charge in [0.05, 0.1) is 0 Å². The molecule has 0 unspecified atom stereocenters. The van der Waals surface area contributed by atoms with Crippen molar-refractivity contribution in [3.8, 4) is 0 Å². The molecule has 0 saturated carbocycles. The summed E-state index contributed by atoms with van der Waals surface area (Å²) in [4.78, 5) is 17.5. The molecule has 6 nitrogen and oxygen atoms in total. The van der Waals surface area contributed by atoms with Crippen molar-refractivity contribution in [1.29, 1.82) is 0 Å². The summed E-state index contributed by atoms with van der Waals surface area (Å²) in [5, 5.41) is 10.4. The summed E-state index contributed by atoms with van der Waals surface area (Å²) in [7, 11) is 0. The van der Waals surface area contributed by atoms with E-state index < -0.39 is 10.7 Å². The zero-order valence-corrected chi connectivity index (χ0v) is 9.35. The van der Waals surface area contributed by atoms with Gasteiger partial charge in [0.1, 0.15) is 5.76 Å². The Bertz CT molecular complexity index is 564. The minimum absolute atomic E-state index is 0.139. The van der Waals surface area contributed by atoms with E-state index in [1.54, 1.807) is 6.07 Å². The molecule has 0 aliphatic heterocycles. The van der Waals surface area contributed by atoms with Crippen LogP contribution in [0.25, 0.3) is 11.2 Å². The van der Waals surface area contributed by atoms with Gasteiger partial charge >= 0.3 is 11.5 Å². The van der Waals surface area contributed by atoms with Crippen molar-refractivity contribution < 1.29 is 9.34 Å². The molecule has 0 bridgehead atoms. The first-order chi connectivity index (χ1) is 7.49. The smallest absolute Gasteiger partial charge is 0.405 e. The number of furan rings is 1. The van der Waals surface area contributed by atoms with Gasteiger partial charge < -0.3 is 14.5 Å². The molecular formula is C9H8ClN3O3. The second-order valence-electron chi connectivity index (χ2n) is 3.59. The van der Waals surface area contributed by atoms with E-state index in [-0.39, 0.29) is 16.8 Å². The lowest BCUT2D eigenvalue weighted by molar-refractivity contribution is -0.389. The largest absolute Gasteiger partial charge is 0.423 e. The third kappa shape index (κ3) is 1.71. The average Bonchev–Trinajstić information content (AvgIpc) is 2.58. The van der Waals surface area contributed by atoms with Gasteiger partial charge in [-0.15, -0.1) is 0 Å². The van der Waals surface area contributed by atoms with Crippen molar-refractivity contribution in [2.24, 2.45) is 0 Å². The number of hydrogen-bond donors (Lipinski definition) is 0. The van der Waals surface area contributed by atoms with E-state index >= 15 is 0 Å². The predicted molar refractivity (Wildman–Crippen MR) is 57.6 cm³/mol. The maximum absolute atomic E-state index is 10.6.